The van der Waals surface area contributed by atoms with Gasteiger partial charge < -0.3 is 9.64 Å². The number of halogens is 2. The van der Waals surface area contributed by atoms with Gasteiger partial charge in [-0.3, -0.25) is 4.79 Å². The number of aromatic nitrogens is 1. The molecule has 1 atom stereocenters. The number of piperidine rings is 1. The van der Waals surface area contributed by atoms with Crippen LogP contribution in [0.3, 0.4) is 0 Å². The van der Waals surface area contributed by atoms with Gasteiger partial charge in [0, 0.05) is 12.6 Å². The number of nitrogens with zero attached hydrogens (tertiary/aromatic N) is 2. The van der Waals surface area contributed by atoms with Gasteiger partial charge in [0.2, 0.25) is 0 Å². The lowest BCUT2D eigenvalue weighted by Crippen LogP contribution is -2.39. The van der Waals surface area contributed by atoms with E-state index in [0.29, 0.717) is 18.4 Å². The minimum atomic E-state index is -0.935. The molecule has 6 heteroatoms. The van der Waals surface area contributed by atoms with Crippen LogP contribution in [0, 0.1) is 11.6 Å². The lowest BCUT2D eigenvalue weighted by atomic mass is 9.94. The molecule has 24 heavy (non-hydrogen) atoms. The number of carbonyl (C=O) groups excluding carboxylic acids is 1. The molecule has 0 bridgehead atoms. The Balaban J connectivity index is 1.92. The predicted octanol–water partition coefficient (Wildman–Crippen LogP) is 3.74. The molecule has 1 aliphatic rings. The zero-order valence-electron chi connectivity index (χ0n) is 13.3. The molecule has 1 amide bonds. The molecule has 1 aromatic heterocycles. The molecule has 0 radical (unpaired) electrons. The third-order valence-corrected chi connectivity index (χ3v) is 4.25. The van der Waals surface area contributed by atoms with Crippen LogP contribution in [0.4, 0.5) is 8.78 Å². The molecule has 1 aromatic carbocycles. The number of likely N-dealkylation sites (tertiary alicyclic amines) is 1. The Labute approximate surface area is 139 Å². The summed E-state index contributed by atoms with van der Waals surface area (Å²) in [5.74, 6) is -1.54. The van der Waals surface area contributed by atoms with Crippen LogP contribution in [-0.4, -0.2) is 29.4 Å². The number of hydrogen-bond acceptors (Lipinski definition) is 3. The first-order valence-corrected chi connectivity index (χ1v) is 7.86. The van der Waals surface area contributed by atoms with Gasteiger partial charge in [-0.25, -0.2) is 13.8 Å². The quantitative estimate of drug-likeness (QED) is 0.860. The van der Waals surface area contributed by atoms with Crippen molar-refractivity contribution in [1.82, 2.24) is 9.88 Å². The minimum Gasteiger partial charge on any atom is -0.497 e. The van der Waals surface area contributed by atoms with Crippen LogP contribution >= 0.6 is 0 Å². The van der Waals surface area contributed by atoms with Gasteiger partial charge in [-0.2, -0.15) is 0 Å². The topological polar surface area (TPSA) is 42.4 Å². The molecule has 0 spiro atoms. The number of ether oxygens (including phenoxy) is 1. The number of methoxy groups -OCH3 is 1. The third kappa shape index (κ3) is 3.22. The maximum absolute atomic E-state index is 13.9. The van der Waals surface area contributed by atoms with Crippen molar-refractivity contribution in [3.63, 3.8) is 0 Å². The smallest absolute Gasteiger partial charge is 0.276 e. The van der Waals surface area contributed by atoms with E-state index in [4.69, 9.17) is 4.74 Å². The van der Waals surface area contributed by atoms with Gasteiger partial charge in [0.15, 0.2) is 11.5 Å². The highest BCUT2D eigenvalue weighted by molar-refractivity contribution is 5.93. The van der Waals surface area contributed by atoms with Gasteiger partial charge in [0.1, 0.15) is 11.6 Å². The van der Waals surface area contributed by atoms with Crippen molar-refractivity contribution in [2.24, 2.45) is 0 Å². The van der Waals surface area contributed by atoms with E-state index in [9.17, 15) is 13.6 Å². The first kappa shape index (κ1) is 16.4. The third-order valence-electron chi connectivity index (χ3n) is 4.25. The standard InChI is InChI=1S/C18H18F2N2O2/c1-24-14-6-4-5-12(9-14)16-7-2-3-8-22(16)18(23)17-15(20)10-13(19)11-21-17/h4-6,9-11,16H,2-3,7-8H2,1H3. The van der Waals surface area contributed by atoms with E-state index < -0.39 is 17.5 Å². The van der Waals surface area contributed by atoms with E-state index in [2.05, 4.69) is 4.98 Å². The van der Waals surface area contributed by atoms with E-state index in [1.54, 1.807) is 12.0 Å². The second-order valence-corrected chi connectivity index (χ2v) is 5.77. The average Bonchev–Trinajstić information content (AvgIpc) is 2.61. The van der Waals surface area contributed by atoms with E-state index in [0.717, 1.165) is 31.0 Å². The summed E-state index contributed by atoms with van der Waals surface area (Å²) in [5.41, 5.74) is 0.594. The van der Waals surface area contributed by atoms with Crippen LogP contribution in [0.2, 0.25) is 0 Å². The lowest BCUT2D eigenvalue weighted by Gasteiger charge is -2.36. The van der Waals surface area contributed by atoms with Gasteiger partial charge in [-0.05, 0) is 37.0 Å². The Morgan fingerprint density at radius 2 is 2.12 bits per heavy atom. The van der Waals surface area contributed by atoms with Crippen LogP contribution < -0.4 is 4.74 Å². The van der Waals surface area contributed by atoms with Crippen molar-refractivity contribution < 1.29 is 18.3 Å². The number of carbonyl (C=O) groups is 1. The van der Waals surface area contributed by atoms with Gasteiger partial charge in [-0.1, -0.05) is 12.1 Å². The summed E-state index contributed by atoms with van der Waals surface area (Å²) in [6, 6.07) is 8.01. The summed E-state index contributed by atoms with van der Waals surface area (Å²) in [6.07, 6.45) is 3.46. The normalized spacial score (nSPS) is 17.6. The van der Waals surface area contributed by atoms with E-state index in [1.807, 2.05) is 24.3 Å². The van der Waals surface area contributed by atoms with E-state index in [1.165, 1.54) is 0 Å². The number of hydrogen-bond donors (Lipinski definition) is 0. The molecule has 2 heterocycles. The van der Waals surface area contributed by atoms with Crippen LogP contribution in [0.15, 0.2) is 36.5 Å². The van der Waals surface area contributed by atoms with Crippen molar-refractivity contribution >= 4 is 5.91 Å². The summed E-state index contributed by atoms with van der Waals surface area (Å²) >= 11 is 0. The monoisotopic (exact) mass is 332 g/mol. The Kier molecular flexibility index (Phi) is 4.74. The molecule has 0 N–H and O–H groups in total. The summed E-state index contributed by atoms with van der Waals surface area (Å²) in [5, 5.41) is 0. The number of rotatable bonds is 3. The fraction of sp³-hybridized carbons (Fsp3) is 0.333. The second-order valence-electron chi connectivity index (χ2n) is 5.77. The summed E-state index contributed by atoms with van der Waals surface area (Å²) < 4.78 is 32.2. The number of benzene rings is 1. The Hall–Kier alpha value is -2.50. The molecule has 2 aromatic rings. The van der Waals surface area contributed by atoms with Gasteiger partial charge in [0.05, 0.1) is 19.3 Å². The molecule has 4 nitrogen and oxygen atoms in total. The average molecular weight is 332 g/mol. The van der Waals surface area contributed by atoms with Crippen LogP contribution in [0.5, 0.6) is 5.75 Å². The van der Waals surface area contributed by atoms with Gasteiger partial charge in [-0.15, -0.1) is 0 Å². The van der Waals surface area contributed by atoms with Crippen molar-refractivity contribution in [1.29, 1.82) is 0 Å². The molecule has 1 aliphatic heterocycles. The second kappa shape index (κ2) is 6.95. The molecule has 0 saturated carbocycles. The summed E-state index contributed by atoms with van der Waals surface area (Å²) in [4.78, 5) is 18.0. The minimum absolute atomic E-state index is 0.174. The SMILES string of the molecule is COc1cccc(C2CCCCN2C(=O)c2ncc(F)cc2F)c1. The Bertz CT molecular complexity index is 752. The predicted molar refractivity (Wildman–Crippen MR) is 84.8 cm³/mol. The highest BCUT2D eigenvalue weighted by Crippen LogP contribution is 2.33. The first-order valence-electron chi connectivity index (χ1n) is 7.86. The fourth-order valence-electron chi connectivity index (χ4n) is 3.08. The summed E-state index contributed by atoms with van der Waals surface area (Å²) in [6.45, 7) is 0.513. The van der Waals surface area contributed by atoms with E-state index >= 15 is 0 Å². The van der Waals surface area contributed by atoms with Crippen molar-refractivity contribution in [3.8, 4) is 5.75 Å². The first-order chi connectivity index (χ1) is 11.6. The van der Waals surface area contributed by atoms with Gasteiger partial charge in [0.25, 0.3) is 5.91 Å². The number of amides is 1. The molecule has 0 aliphatic carbocycles. The lowest BCUT2D eigenvalue weighted by molar-refractivity contribution is 0.0599. The molecule has 3 rings (SSSR count). The maximum Gasteiger partial charge on any atom is 0.276 e. The van der Waals surface area contributed by atoms with Crippen molar-refractivity contribution in [2.45, 2.75) is 25.3 Å². The largest absolute Gasteiger partial charge is 0.497 e. The highest BCUT2D eigenvalue weighted by Gasteiger charge is 2.31. The van der Waals surface area contributed by atoms with Gasteiger partial charge >= 0.3 is 0 Å². The molecular formula is C18H18F2N2O2. The van der Waals surface area contributed by atoms with E-state index in [-0.39, 0.29) is 11.7 Å². The van der Waals surface area contributed by atoms with Crippen LogP contribution in [0.1, 0.15) is 41.4 Å². The molecule has 1 fully saturated rings. The van der Waals surface area contributed by atoms with Crippen LogP contribution in [-0.2, 0) is 0 Å². The highest BCUT2D eigenvalue weighted by atomic mass is 19.1. The maximum atomic E-state index is 13.9. The fourth-order valence-corrected chi connectivity index (χ4v) is 3.08. The Morgan fingerprint density at radius 3 is 2.88 bits per heavy atom. The summed E-state index contributed by atoms with van der Waals surface area (Å²) in [7, 11) is 1.58. The van der Waals surface area contributed by atoms with Crippen molar-refractivity contribution in [2.75, 3.05) is 13.7 Å². The van der Waals surface area contributed by atoms with Crippen LogP contribution in [0.25, 0.3) is 0 Å². The zero-order chi connectivity index (χ0) is 17.1. The molecular weight excluding hydrogens is 314 g/mol. The zero-order valence-corrected chi connectivity index (χ0v) is 13.3. The molecule has 1 saturated heterocycles. The number of pyridine rings is 1. The Morgan fingerprint density at radius 1 is 1.29 bits per heavy atom. The molecule has 1 unspecified atom stereocenters. The molecule has 126 valence electrons. The van der Waals surface area contributed by atoms with Crippen molar-refractivity contribution in [3.05, 3.63) is 59.4 Å².